The molecule has 0 bridgehead atoms. The summed E-state index contributed by atoms with van der Waals surface area (Å²) in [6, 6.07) is 2.91. The lowest BCUT2D eigenvalue weighted by Crippen LogP contribution is -2.10. The molecular weight excluding hydrogens is 212 g/mol. The van der Waals surface area contributed by atoms with E-state index in [0.29, 0.717) is 0 Å². The molecule has 0 aliphatic heterocycles. The summed E-state index contributed by atoms with van der Waals surface area (Å²) < 4.78 is 47.1. The summed E-state index contributed by atoms with van der Waals surface area (Å²) in [4.78, 5) is -0.225. The van der Waals surface area contributed by atoms with Crippen molar-refractivity contribution in [1.29, 1.82) is 0 Å². The van der Waals surface area contributed by atoms with Crippen LogP contribution in [0.3, 0.4) is 0 Å². The van der Waals surface area contributed by atoms with E-state index in [2.05, 4.69) is 0 Å². The number of sulfone groups is 1. The van der Waals surface area contributed by atoms with E-state index in [0.717, 1.165) is 18.2 Å². The fraction of sp³-hybridized carbons (Fsp3) is 0.250. The van der Waals surface area contributed by atoms with E-state index in [9.17, 15) is 17.2 Å². The van der Waals surface area contributed by atoms with Gasteiger partial charge in [-0.15, -0.1) is 0 Å². The molecular formula is C8H9F2NO2S. The van der Waals surface area contributed by atoms with E-state index < -0.39 is 28.1 Å². The van der Waals surface area contributed by atoms with Gasteiger partial charge in [-0.3, -0.25) is 0 Å². The molecule has 6 heteroatoms. The molecule has 3 nitrogen and oxygen atoms in total. The quantitative estimate of drug-likeness (QED) is 0.615. The summed E-state index contributed by atoms with van der Waals surface area (Å²) in [5, 5.41) is 0. The van der Waals surface area contributed by atoms with Gasteiger partial charge in [0.25, 0.3) is 0 Å². The molecule has 0 atom stereocenters. The van der Waals surface area contributed by atoms with Crippen molar-refractivity contribution < 1.29 is 17.2 Å². The molecule has 0 aromatic heterocycles. The molecule has 0 saturated carbocycles. The number of alkyl halides is 1. The number of hydrogen-bond acceptors (Lipinski definition) is 3. The van der Waals surface area contributed by atoms with Gasteiger partial charge in [0.05, 0.1) is 16.3 Å². The molecule has 0 spiro atoms. The van der Waals surface area contributed by atoms with Crippen molar-refractivity contribution in [3.8, 4) is 0 Å². The highest BCUT2D eigenvalue weighted by molar-refractivity contribution is 7.91. The molecule has 0 amide bonds. The van der Waals surface area contributed by atoms with E-state index in [-0.39, 0.29) is 10.6 Å². The zero-order valence-electron chi connectivity index (χ0n) is 7.20. The third kappa shape index (κ3) is 2.20. The molecule has 1 rings (SSSR count). The van der Waals surface area contributed by atoms with Crippen molar-refractivity contribution in [3.63, 3.8) is 0 Å². The van der Waals surface area contributed by atoms with Gasteiger partial charge in [-0.2, -0.15) is 0 Å². The number of rotatable bonds is 3. The highest BCUT2D eigenvalue weighted by Gasteiger charge is 2.17. The van der Waals surface area contributed by atoms with E-state index in [1.807, 2.05) is 0 Å². The van der Waals surface area contributed by atoms with Gasteiger partial charge in [0, 0.05) is 0 Å². The first-order chi connectivity index (χ1) is 6.47. The van der Waals surface area contributed by atoms with Crippen LogP contribution in [0.1, 0.15) is 0 Å². The number of anilines is 1. The summed E-state index contributed by atoms with van der Waals surface area (Å²) in [5.74, 6) is -1.26. The lowest BCUT2D eigenvalue weighted by Gasteiger charge is -2.05. The second-order valence-electron chi connectivity index (χ2n) is 2.69. The summed E-state index contributed by atoms with van der Waals surface area (Å²) in [6.45, 7) is -0.987. The van der Waals surface area contributed by atoms with Gasteiger partial charge in [-0.1, -0.05) is 0 Å². The molecule has 0 aliphatic carbocycles. The fourth-order valence-corrected chi connectivity index (χ4v) is 2.13. The highest BCUT2D eigenvalue weighted by atomic mass is 32.2. The fourth-order valence-electron chi connectivity index (χ4n) is 1.01. The Balaban J connectivity index is 3.20. The van der Waals surface area contributed by atoms with Crippen LogP contribution in [-0.2, 0) is 9.84 Å². The topological polar surface area (TPSA) is 60.2 Å². The SMILES string of the molecule is Nc1cc(F)ccc1S(=O)(=O)CCF. The van der Waals surface area contributed by atoms with Crippen LogP contribution >= 0.6 is 0 Å². The first-order valence-electron chi connectivity index (χ1n) is 3.81. The molecule has 2 N–H and O–H groups in total. The summed E-state index contributed by atoms with van der Waals surface area (Å²) >= 11 is 0. The average Bonchev–Trinajstić information content (AvgIpc) is 2.02. The maximum Gasteiger partial charge on any atom is 0.182 e. The van der Waals surface area contributed by atoms with Crippen molar-refractivity contribution in [1.82, 2.24) is 0 Å². The Morgan fingerprint density at radius 3 is 2.50 bits per heavy atom. The van der Waals surface area contributed by atoms with Gasteiger partial charge in [0.2, 0.25) is 0 Å². The smallest absolute Gasteiger partial charge is 0.182 e. The second-order valence-corrected chi connectivity index (χ2v) is 4.77. The summed E-state index contributed by atoms with van der Waals surface area (Å²) in [7, 11) is -3.72. The van der Waals surface area contributed by atoms with Crippen LogP contribution < -0.4 is 5.73 Å². The van der Waals surface area contributed by atoms with Crippen LogP contribution in [0.4, 0.5) is 14.5 Å². The minimum absolute atomic E-state index is 0.196. The lowest BCUT2D eigenvalue weighted by atomic mass is 10.3. The van der Waals surface area contributed by atoms with Crippen molar-refractivity contribution in [2.24, 2.45) is 0 Å². The van der Waals surface area contributed by atoms with Gasteiger partial charge in [0.1, 0.15) is 12.5 Å². The minimum Gasteiger partial charge on any atom is -0.398 e. The molecule has 0 heterocycles. The van der Waals surface area contributed by atoms with E-state index in [1.165, 1.54) is 0 Å². The van der Waals surface area contributed by atoms with E-state index in [4.69, 9.17) is 5.73 Å². The normalized spacial score (nSPS) is 11.6. The largest absolute Gasteiger partial charge is 0.398 e. The first kappa shape index (κ1) is 10.9. The standard InChI is InChI=1S/C8H9F2NO2S/c9-3-4-14(12,13)8-2-1-6(10)5-7(8)11/h1-2,5H,3-4,11H2. The molecule has 0 saturated heterocycles. The molecule has 1 aromatic carbocycles. The number of nitrogen functional groups attached to an aromatic ring is 1. The van der Waals surface area contributed by atoms with Gasteiger partial charge in [-0.25, -0.2) is 17.2 Å². The molecule has 1 aromatic rings. The number of nitrogens with two attached hydrogens (primary N) is 1. The zero-order valence-corrected chi connectivity index (χ0v) is 8.02. The Morgan fingerprint density at radius 2 is 2.00 bits per heavy atom. The van der Waals surface area contributed by atoms with Crippen LogP contribution in [0.5, 0.6) is 0 Å². The second kappa shape index (κ2) is 3.91. The Kier molecular flexibility index (Phi) is 3.05. The third-order valence-corrected chi connectivity index (χ3v) is 3.39. The van der Waals surface area contributed by atoms with Crippen LogP contribution in [0.2, 0.25) is 0 Å². The Bertz CT molecular complexity index is 431. The van der Waals surface area contributed by atoms with Crippen LogP contribution in [0.25, 0.3) is 0 Å². The van der Waals surface area contributed by atoms with Crippen molar-refractivity contribution in [2.45, 2.75) is 4.90 Å². The monoisotopic (exact) mass is 221 g/mol. The van der Waals surface area contributed by atoms with Crippen molar-refractivity contribution in [2.75, 3.05) is 18.2 Å². The molecule has 0 aliphatic rings. The average molecular weight is 221 g/mol. The Morgan fingerprint density at radius 1 is 1.36 bits per heavy atom. The molecule has 14 heavy (non-hydrogen) atoms. The van der Waals surface area contributed by atoms with Gasteiger partial charge in [0.15, 0.2) is 9.84 Å². The van der Waals surface area contributed by atoms with Gasteiger partial charge < -0.3 is 5.73 Å². The van der Waals surface area contributed by atoms with Gasteiger partial charge >= 0.3 is 0 Å². The first-order valence-corrected chi connectivity index (χ1v) is 5.46. The predicted molar refractivity (Wildman–Crippen MR) is 48.8 cm³/mol. The number of hydrogen-bond donors (Lipinski definition) is 1. The van der Waals surface area contributed by atoms with Crippen LogP contribution in [0.15, 0.2) is 23.1 Å². The van der Waals surface area contributed by atoms with Crippen LogP contribution in [-0.4, -0.2) is 20.8 Å². The third-order valence-electron chi connectivity index (χ3n) is 1.65. The predicted octanol–water partition coefficient (Wildman–Crippen LogP) is 1.15. The van der Waals surface area contributed by atoms with Gasteiger partial charge in [-0.05, 0) is 18.2 Å². The minimum atomic E-state index is -3.72. The highest BCUT2D eigenvalue weighted by Crippen LogP contribution is 2.20. The van der Waals surface area contributed by atoms with E-state index >= 15 is 0 Å². The van der Waals surface area contributed by atoms with Crippen molar-refractivity contribution >= 4 is 15.5 Å². The molecule has 0 fully saturated rings. The number of halogens is 2. The zero-order chi connectivity index (χ0) is 10.8. The van der Waals surface area contributed by atoms with Crippen LogP contribution in [0, 0.1) is 5.82 Å². The van der Waals surface area contributed by atoms with Crippen molar-refractivity contribution in [3.05, 3.63) is 24.0 Å². The van der Waals surface area contributed by atoms with E-state index in [1.54, 1.807) is 0 Å². The summed E-state index contributed by atoms with van der Waals surface area (Å²) in [6.07, 6.45) is 0. The lowest BCUT2D eigenvalue weighted by molar-refractivity contribution is 0.517. The number of benzene rings is 1. The Labute approximate surface area is 80.5 Å². The maximum atomic E-state index is 12.6. The molecule has 0 unspecified atom stereocenters. The molecule has 0 radical (unpaired) electrons. The summed E-state index contributed by atoms with van der Waals surface area (Å²) in [5.41, 5.74) is 5.10. The molecule has 78 valence electrons. The maximum absolute atomic E-state index is 12.6. The Hall–Kier alpha value is -1.17.